The molecule has 5 nitrogen and oxygen atoms in total. The average molecular weight is 243 g/mol. The third-order valence-electron chi connectivity index (χ3n) is 3.04. The predicted molar refractivity (Wildman–Crippen MR) is 57.8 cm³/mol. The number of hydrogen-bond donors (Lipinski definition) is 1. The van der Waals surface area contributed by atoms with Crippen LogP contribution in [0, 0.1) is 11.8 Å². The van der Waals surface area contributed by atoms with E-state index in [1.165, 1.54) is 0 Å². The summed E-state index contributed by atoms with van der Waals surface area (Å²) in [5, 5.41) is 0. The molecule has 0 bridgehead atoms. The molecular weight excluding hydrogens is 232 g/mol. The Bertz CT molecular complexity index is 416. The van der Waals surface area contributed by atoms with Crippen LogP contribution in [0.2, 0.25) is 0 Å². The van der Waals surface area contributed by atoms with Crippen molar-refractivity contribution in [3.63, 3.8) is 0 Å². The largest absolute Gasteiger partial charge is 0.362 e. The van der Waals surface area contributed by atoms with Gasteiger partial charge in [0.2, 0.25) is 5.90 Å². The second-order valence-corrected chi connectivity index (χ2v) is 3.97. The van der Waals surface area contributed by atoms with Crippen molar-refractivity contribution in [2.75, 3.05) is 0 Å². The first-order valence-electron chi connectivity index (χ1n) is 5.06. The topological polar surface area (TPSA) is 67.8 Å². The van der Waals surface area contributed by atoms with Crippen molar-refractivity contribution in [3.05, 3.63) is 11.8 Å². The van der Waals surface area contributed by atoms with E-state index >= 15 is 0 Å². The van der Waals surface area contributed by atoms with Crippen molar-refractivity contribution >= 4 is 30.0 Å². The smallest absolute Gasteiger partial charge is 0.272 e. The standard InChI is InChI=1S/C10H10N2O3.ClH/c13-8-5-3-1-2-4-6(5)11-10-7(8)9(14)12-15-10;/h4-5,7H,1-3H2,(H,12,14);1H. The molecule has 1 saturated heterocycles. The summed E-state index contributed by atoms with van der Waals surface area (Å²) in [7, 11) is 0. The Balaban J connectivity index is 0.000000963. The molecule has 2 aliphatic heterocycles. The fourth-order valence-corrected chi connectivity index (χ4v) is 2.27. The van der Waals surface area contributed by atoms with Gasteiger partial charge in [0.25, 0.3) is 5.91 Å². The molecule has 0 aromatic rings. The molecule has 2 atom stereocenters. The molecule has 1 fully saturated rings. The van der Waals surface area contributed by atoms with Gasteiger partial charge in [-0.05, 0) is 19.3 Å². The summed E-state index contributed by atoms with van der Waals surface area (Å²) in [4.78, 5) is 32.4. The number of hydrogen-bond acceptors (Lipinski definition) is 4. The highest BCUT2D eigenvalue weighted by atomic mass is 35.5. The van der Waals surface area contributed by atoms with E-state index in [-0.39, 0.29) is 35.9 Å². The van der Waals surface area contributed by atoms with Gasteiger partial charge in [0.05, 0.1) is 11.6 Å². The fraction of sp³-hybridized carbons (Fsp3) is 0.500. The molecule has 0 aromatic heterocycles. The number of amides is 1. The van der Waals surface area contributed by atoms with Gasteiger partial charge in [-0.2, -0.15) is 5.48 Å². The van der Waals surface area contributed by atoms with E-state index in [2.05, 4.69) is 10.5 Å². The van der Waals surface area contributed by atoms with Crippen molar-refractivity contribution in [1.82, 2.24) is 5.48 Å². The highest BCUT2D eigenvalue weighted by Gasteiger charge is 2.47. The van der Waals surface area contributed by atoms with Crippen molar-refractivity contribution in [2.24, 2.45) is 16.8 Å². The van der Waals surface area contributed by atoms with E-state index < -0.39 is 5.92 Å². The number of nitrogens with one attached hydrogen (secondary N) is 1. The monoisotopic (exact) mass is 242 g/mol. The van der Waals surface area contributed by atoms with Crippen molar-refractivity contribution in [1.29, 1.82) is 0 Å². The number of halogens is 1. The molecule has 0 radical (unpaired) electrons. The molecule has 2 unspecified atom stereocenters. The first kappa shape index (κ1) is 11.1. The van der Waals surface area contributed by atoms with Crippen LogP contribution in [0.5, 0.6) is 0 Å². The van der Waals surface area contributed by atoms with Crippen LogP contribution >= 0.6 is 12.4 Å². The maximum atomic E-state index is 12.0. The molecule has 3 aliphatic rings. The summed E-state index contributed by atoms with van der Waals surface area (Å²) in [6, 6.07) is 0. The normalized spacial score (nSPS) is 31.2. The highest BCUT2D eigenvalue weighted by molar-refractivity contribution is 6.22. The van der Waals surface area contributed by atoms with Crippen LogP contribution in [0.25, 0.3) is 0 Å². The SMILES string of the molecule is Cl.O=C1NOC2=NC3=CCCCC3C(=O)C12. The van der Waals surface area contributed by atoms with Crippen LogP contribution in [-0.2, 0) is 14.4 Å². The third-order valence-corrected chi connectivity index (χ3v) is 3.04. The van der Waals surface area contributed by atoms with Crippen LogP contribution in [0.15, 0.2) is 16.8 Å². The summed E-state index contributed by atoms with van der Waals surface area (Å²) in [5.74, 6) is -1.23. The second kappa shape index (κ2) is 3.90. The van der Waals surface area contributed by atoms with Crippen LogP contribution in [-0.4, -0.2) is 17.6 Å². The first-order valence-corrected chi connectivity index (χ1v) is 5.06. The second-order valence-electron chi connectivity index (χ2n) is 3.97. The summed E-state index contributed by atoms with van der Waals surface area (Å²) < 4.78 is 0. The van der Waals surface area contributed by atoms with Crippen LogP contribution in [0.4, 0.5) is 0 Å². The maximum Gasteiger partial charge on any atom is 0.272 e. The summed E-state index contributed by atoms with van der Waals surface area (Å²) >= 11 is 0. The molecule has 86 valence electrons. The molecule has 0 saturated carbocycles. The number of aliphatic imine (C=N–C) groups is 1. The number of hydroxylamine groups is 1. The lowest BCUT2D eigenvalue weighted by atomic mass is 9.81. The number of Topliss-reactive ketones (excluding diaryl/α,β-unsaturated/α-hetero) is 1. The van der Waals surface area contributed by atoms with E-state index in [9.17, 15) is 9.59 Å². The molecular formula is C10H11ClN2O3. The molecule has 0 aromatic carbocycles. The minimum atomic E-state index is -0.801. The Hall–Kier alpha value is -1.36. The summed E-state index contributed by atoms with van der Waals surface area (Å²) in [6.07, 6.45) is 4.69. The van der Waals surface area contributed by atoms with Gasteiger partial charge in [-0.15, -0.1) is 12.4 Å². The average Bonchev–Trinajstić information content (AvgIpc) is 2.61. The van der Waals surface area contributed by atoms with Crippen molar-refractivity contribution in [2.45, 2.75) is 19.3 Å². The Labute approximate surface area is 98.3 Å². The number of carbonyl (C=O) groups is 2. The number of carbonyl (C=O) groups excluding carboxylic acids is 2. The maximum absolute atomic E-state index is 12.0. The number of nitrogens with zero attached hydrogens (tertiary/aromatic N) is 1. The summed E-state index contributed by atoms with van der Waals surface area (Å²) in [6.45, 7) is 0. The van der Waals surface area contributed by atoms with Gasteiger partial charge in [-0.1, -0.05) is 6.08 Å². The van der Waals surface area contributed by atoms with Crippen LogP contribution in [0.3, 0.4) is 0 Å². The number of rotatable bonds is 0. The van der Waals surface area contributed by atoms with Gasteiger partial charge >= 0.3 is 0 Å². The fourth-order valence-electron chi connectivity index (χ4n) is 2.27. The van der Waals surface area contributed by atoms with E-state index in [4.69, 9.17) is 4.84 Å². The Kier molecular flexibility index (Phi) is 2.71. The zero-order chi connectivity index (χ0) is 10.4. The van der Waals surface area contributed by atoms with Gasteiger partial charge < -0.3 is 4.84 Å². The molecule has 1 N–H and O–H groups in total. The number of allylic oxidation sites excluding steroid dienone is 2. The minimum absolute atomic E-state index is 0. The Morgan fingerprint density at radius 1 is 1.44 bits per heavy atom. The first-order chi connectivity index (χ1) is 7.27. The Morgan fingerprint density at radius 2 is 2.25 bits per heavy atom. The van der Waals surface area contributed by atoms with Gasteiger partial charge in [0.1, 0.15) is 0 Å². The van der Waals surface area contributed by atoms with Gasteiger partial charge in [0, 0.05) is 0 Å². The van der Waals surface area contributed by atoms with E-state index in [0.29, 0.717) is 0 Å². The number of ketones is 1. The predicted octanol–water partition coefficient (Wildman–Crippen LogP) is 0.751. The van der Waals surface area contributed by atoms with E-state index in [1.807, 2.05) is 6.08 Å². The van der Waals surface area contributed by atoms with Crippen molar-refractivity contribution < 1.29 is 14.4 Å². The zero-order valence-corrected chi connectivity index (χ0v) is 9.25. The molecule has 2 heterocycles. The molecule has 1 aliphatic carbocycles. The quantitative estimate of drug-likeness (QED) is 0.638. The lowest BCUT2D eigenvalue weighted by Gasteiger charge is -2.25. The minimum Gasteiger partial charge on any atom is -0.362 e. The highest BCUT2D eigenvalue weighted by Crippen LogP contribution is 2.34. The third kappa shape index (κ3) is 1.43. The molecule has 0 spiro atoms. The van der Waals surface area contributed by atoms with Crippen LogP contribution in [0.1, 0.15) is 19.3 Å². The lowest BCUT2D eigenvalue weighted by molar-refractivity contribution is -0.133. The van der Waals surface area contributed by atoms with E-state index in [0.717, 1.165) is 25.0 Å². The molecule has 3 rings (SSSR count). The van der Waals surface area contributed by atoms with Crippen LogP contribution < -0.4 is 5.48 Å². The summed E-state index contributed by atoms with van der Waals surface area (Å²) in [5.41, 5.74) is 2.96. The Morgan fingerprint density at radius 3 is 3.06 bits per heavy atom. The zero-order valence-electron chi connectivity index (χ0n) is 8.43. The number of fused-ring (bicyclic) bond motifs is 2. The van der Waals surface area contributed by atoms with Gasteiger partial charge in [-0.3, -0.25) is 9.59 Å². The lowest BCUT2D eigenvalue weighted by Crippen LogP contribution is -2.37. The van der Waals surface area contributed by atoms with Gasteiger partial charge in [0.15, 0.2) is 11.7 Å². The van der Waals surface area contributed by atoms with Gasteiger partial charge in [-0.25, -0.2) is 4.99 Å². The molecule has 6 heteroatoms. The van der Waals surface area contributed by atoms with Crippen molar-refractivity contribution in [3.8, 4) is 0 Å². The van der Waals surface area contributed by atoms with E-state index in [1.54, 1.807) is 0 Å². The molecule has 1 amide bonds. The molecule has 16 heavy (non-hydrogen) atoms.